The van der Waals surface area contributed by atoms with Crippen LogP contribution in [-0.2, 0) is 10.2 Å². The van der Waals surface area contributed by atoms with Crippen molar-refractivity contribution in [1.82, 2.24) is 15.0 Å². The lowest BCUT2D eigenvalue weighted by Gasteiger charge is -2.39. The fourth-order valence-electron chi connectivity index (χ4n) is 2.66. The number of likely N-dealkylation sites (N-methyl/N-ethyl adjacent to an activating group) is 1. The second-order valence-corrected chi connectivity index (χ2v) is 11.9. The first kappa shape index (κ1) is 34.7. The van der Waals surface area contributed by atoms with Gasteiger partial charge in [-0.05, 0) is 47.6 Å². The van der Waals surface area contributed by atoms with Gasteiger partial charge in [0, 0.05) is 29.8 Å². The van der Waals surface area contributed by atoms with Crippen molar-refractivity contribution >= 4 is 5.71 Å². The maximum atomic E-state index is 8.30. The van der Waals surface area contributed by atoms with Crippen LogP contribution in [0, 0.1) is 5.41 Å². The number of hydrogen-bond acceptors (Lipinski definition) is 7. The summed E-state index contributed by atoms with van der Waals surface area (Å²) in [5.41, 5.74) is 1.15. The molecule has 1 aliphatic carbocycles. The lowest BCUT2D eigenvalue weighted by Crippen LogP contribution is -2.52. The van der Waals surface area contributed by atoms with Crippen molar-refractivity contribution < 1.29 is 14.5 Å². The van der Waals surface area contributed by atoms with Gasteiger partial charge >= 0.3 is 0 Å². The minimum atomic E-state index is -0.0172. The topological polar surface area (TPSA) is 84.0 Å². The zero-order valence-electron chi connectivity index (χ0n) is 23.7. The van der Waals surface area contributed by atoms with Gasteiger partial charge in [-0.15, -0.1) is 0 Å². The molecule has 1 saturated carbocycles. The number of likely N-dealkylation sites (tertiary alicyclic amines) is 1. The van der Waals surface area contributed by atoms with Crippen LogP contribution in [0.25, 0.3) is 0 Å². The largest absolute Gasteiger partial charge is 0.411 e. The first-order valence-electron chi connectivity index (χ1n) is 12.4. The second-order valence-electron chi connectivity index (χ2n) is 11.9. The molecule has 0 radical (unpaired) electrons. The third kappa shape index (κ3) is 14.1. The minimum absolute atomic E-state index is 0. The third-order valence-corrected chi connectivity index (χ3v) is 5.18. The van der Waals surface area contributed by atoms with E-state index >= 15 is 0 Å². The summed E-state index contributed by atoms with van der Waals surface area (Å²) in [5, 5.41) is 15.4. The summed E-state index contributed by atoms with van der Waals surface area (Å²) in [4.78, 5) is 6.56. The maximum absolute atomic E-state index is 8.30. The predicted octanol–water partition coefficient (Wildman–Crippen LogP) is 7.30. The lowest BCUT2D eigenvalue weighted by atomic mass is 9.96. The molecule has 202 valence electrons. The van der Waals surface area contributed by atoms with E-state index in [-0.39, 0.29) is 23.9 Å². The van der Waals surface area contributed by atoms with Gasteiger partial charge in [-0.25, -0.2) is 0 Å². The molecule has 1 aliphatic heterocycles. The average molecular weight is 485 g/mol. The van der Waals surface area contributed by atoms with Gasteiger partial charge in [0.2, 0.25) is 5.89 Å². The Morgan fingerprint density at radius 3 is 1.85 bits per heavy atom. The molecule has 3 rings (SSSR count). The molecule has 0 atom stereocenters. The molecule has 7 heteroatoms. The van der Waals surface area contributed by atoms with Crippen molar-refractivity contribution in [3.05, 3.63) is 11.7 Å². The zero-order chi connectivity index (χ0) is 26.0. The fraction of sp³-hybridized carbons (Fsp3) is 0.889. The van der Waals surface area contributed by atoms with E-state index in [0.29, 0.717) is 12.0 Å². The van der Waals surface area contributed by atoms with Crippen LogP contribution in [0.3, 0.4) is 0 Å². The number of aromatic nitrogens is 2. The van der Waals surface area contributed by atoms with Crippen molar-refractivity contribution in [2.45, 2.75) is 133 Å². The van der Waals surface area contributed by atoms with Crippen molar-refractivity contribution in [2.24, 2.45) is 10.6 Å². The van der Waals surface area contributed by atoms with E-state index in [0.717, 1.165) is 30.5 Å². The van der Waals surface area contributed by atoms with Crippen molar-refractivity contribution in [3.8, 4) is 0 Å². The van der Waals surface area contributed by atoms with Gasteiger partial charge in [-0.1, -0.05) is 79.5 Å². The molecule has 2 fully saturated rings. The van der Waals surface area contributed by atoms with Gasteiger partial charge in [-0.3, -0.25) is 0 Å². The molecular formula is C27H56N4O3. The number of rotatable bonds is 3. The molecule has 7 nitrogen and oxygen atoms in total. The highest BCUT2D eigenvalue weighted by molar-refractivity contribution is 5.89. The van der Waals surface area contributed by atoms with Crippen LogP contribution in [0.4, 0.5) is 0 Å². The molecule has 0 spiro atoms. The maximum Gasteiger partial charge on any atom is 0.229 e. The smallest absolute Gasteiger partial charge is 0.229 e. The monoisotopic (exact) mass is 484 g/mol. The number of hydrogen-bond donors (Lipinski definition) is 1. The van der Waals surface area contributed by atoms with Crippen LogP contribution in [-0.4, -0.2) is 57.8 Å². The van der Waals surface area contributed by atoms with Gasteiger partial charge in [-0.2, -0.15) is 4.98 Å². The molecule has 0 bridgehead atoms. The van der Waals surface area contributed by atoms with Gasteiger partial charge < -0.3 is 19.4 Å². The summed E-state index contributed by atoms with van der Waals surface area (Å²) >= 11 is 0. The number of oxime groups is 1. The molecule has 1 aromatic heterocycles. The molecule has 2 aliphatic rings. The van der Waals surface area contributed by atoms with Gasteiger partial charge in [0.15, 0.2) is 5.82 Å². The molecular weight excluding hydrogens is 428 g/mol. The van der Waals surface area contributed by atoms with E-state index in [1.807, 2.05) is 20.8 Å². The van der Waals surface area contributed by atoms with Gasteiger partial charge in [0.25, 0.3) is 0 Å². The summed E-state index contributed by atoms with van der Waals surface area (Å²) in [6.45, 7) is 27.0. The van der Waals surface area contributed by atoms with Crippen LogP contribution in [0.5, 0.6) is 0 Å². The van der Waals surface area contributed by atoms with Gasteiger partial charge in [0.1, 0.15) is 0 Å². The molecule has 2 heterocycles. The highest BCUT2D eigenvalue weighted by atomic mass is 16.5. The van der Waals surface area contributed by atoms with Crippen LogP contribution in [0.15, 0.2) is 9.68 Å². The first-order valence-corrected chi connectivity index (χ1v) is 12.4. The zero-order valence-corrected chi connectivity index (χ0v) is 23.7. The van der Waals surface area contributed by atoms with Crippen LogP contribution < -0.4 is 0 Å². The Labute approximate surface area is 210 Å². The van der Waals surface area contributed by atoms with E-state index in [9.17, 15) is 0 Å². The molecule has 0 aromatic carbocycles. The standard InChI is InChI=1S/C9H16N2O.C8H17NO.C6H11NO.C3H8.CH4/c1-6(2)7-10-8(11-12-7)9(3,4)5;1-8(2,3)10-7-5-9(4)6-7;1-5(7-8)6(2)3-4-6;1-3-2;/h6H,1-5H3;7H,5-6H2,1-4H3;8H,3-4H2,1-2H3;3H2,1-2H3;1H4/b;;7-5+;;. The summed E-state index contributed by atoms with van der Waals surface area (Å²) < 4.78 is 10.8. The Kier molecular flexibility index (Phi) is 15.1. The third-order valence-electron chi connectivity index (χ3n) is 5.18. The van der Waals surface area contributed by atoms with E-state index in [4.69, 9.17) is 14.5 Å². The van der Waals surface area contributed by atoms with Crippen LogP contribution in [0.2, 0.25) is 0 Å². The number of ether oxygens (including phenoxy) is 1. The molecule has 1 aromatic rings. The summed E-state index contributed by atoms with van der Waals surface area (Å²) in [5.74, 6) is 1.82. The lowest BCUT2D eigenvalue weighted by molar-refractivity contribution is -0.117. The van der Waals surface area contributed by atoms with Crippen LogP contribution >= 0.6 is 0 Å². The summed E-state index contributed by atoms with van der Waals surface area (Å²) in [6, 6.07) is 0. The Bertz CT molecular complexity index is 689. The minimum Gasteiger partial charge on any atom is -0.411 e. The van der Waals surface area contributed by atoms with Gasteiger partial charge in [0.05, 0.1) is 17.4 Å². The highest BCUT2D eigenvalue weighted by Gasteiger charge is 2.40. The van der Waals surface area contributed by atoms with Crippen molar-refractivity contribution in [3.63, 3.8) is 0 Å². The van der Waals surface area contributed by atoms with Crippen LogP contribution in [0.1, 0.15) is 127 Å². The SMILES string of the molecule is C.C/C(=N\O)C1(C)CC1.CC(C)c1nc(C(C)(C)C)no1.CCC.CN1CC(OC(C)(C)C)C1. The van der Waals surface area contributed by atoms with Crippen molar-refractivity contribution in [2.75, 3.05) is 20.1 Å². The predicted molar refractivity (Wildman–Crippen MR) is 144 cm³/mol. The molecule has 34 heavy (non-hydrogen) atoms. The van der Waals surface area contributed by atoms with E-state index in [1.54, 1.807) is 0 Å². The second kappa shape index (κ2) is 14.8. The molecule has 0 amide bonds. The highest BCUT2D eigenvalue weighted by Crippen LogP contribution is 2.46. The normalized spacial score (nSPS) is 17.6. The van der Waals surface area contributed by atoms with E-state index < -0.39 is 0 Å². The number of nitrogens with zero attached hydrogens (tertiary/aromatic N) is 4. The molecule has 0 unspecified atom stereocenters. The van der Waals surface area contributed by atoms with Crippen molar-refractivity contribution in [1.29, 1.82) is 0 Å². The van der Waals surface area contributed by atoms with E-state index in [2.05, 4.69) is 89.6 Å². The molecule has 1 N–H and O–H groups in total. The Morgan fingerprint density at radius 2 is 1.65 bits per heavy atom. The molecule has 1 saturated heterocycles. The Balaban J connectivity index is 0. The Morgan fingerprint density at radius 1 is 1.18 bits per heavy atom. The average Bonchev–Trinajstić information content (AvgIpc) is 3.19. The quantitative estimate of drug-likeness (QED) is 0.275. The Hall–Kier alpha value is -1.47. The fourth-order valence-corrected chi connectivity index (χ4v) is 2.66. The first-order chi connectivity index (χ1) is 15.0. The summed E-state index contributed by atoms with van der Waals surface area (Å²) in [6.07, 6.45) is 4.09. The summed E-state index contributed by atoms with van der Waals surface area (Å²) in [7, 11) is 2.11. The van der Waals surface area contributed by atoms with E-state index in [1.165, 1.54) is 19.3 Å².